The quantitative estimate of drug-likeness (QED) is 0.656. The van der Waals surface area contributed by atoms with Crippen LogP contribution in [0.15, 0.2) is 29.2 Å². The molecule has 1 heterocycles. The zero-order valence-corrected chi connectivity index (χ0v) is 10.6. The summed E-state index contributed by atoms with van der Waals surface area (Å²) in [6, 6.07) is 8.19. The summed E-state index contributed by atoms with van der Waals surface area (Å²) in [5.41, 5.74) is 3.33. The number of fused-ring (bicyclic) bond motifs is 1. The zero-order valence-electron chi connectivity index (χ0n) is 9.70. The first-order chi connectivity index (χ1) is 7.16. The molecule has 2 heteroatoms. The number of benzene rings is 1. The second kappa shape index (κ2) is 5.17. The van der Waals surface area contributed by atoms with Gasteiger partial charge < -0.3 is 0 Å². The minimum absolute atomic E-state index is 0.996. The number of aromatic nitrogens is 1. The predicted octanol–water partition coefficient (Wildman–Crippen LogP) is 4.17. The van der Waals surface area contributed by atoms with E-state index in [1.54, 1.807) is 0 Å². The minimum atomic E-state index is 0.996. The normalized spacial score (nSPS) is 9.67. The molecule has 0 unspecified atom stereocenters. The summed E-state index contributed by atoms with van der Waals surface area (Å²) in [7, 11) is 0. The van der Waals surface area contributed by atoms with E-state index in [4.69, 9.17) is 0 Å². The number of aryl methyl sites for hydroxylation is 2. The Morgan fingerprint density at radius 2 is 1.73 bits per heavy atom. The van der Waals surface area contributed by atoms with Crippen molar-refractivity contribution in [2.45, 2.75) is 32.6 Å². The van der Waals surface area contributed by atoms with Crippen molar-refractivity contribution in [1.82, 2.24) is 4.98 Å². The molecule has 0 aliphatic rings. The Bertz CT molecular complexity index is 463. The highest BCUT2D eigenvalue weighted by Crippen LogP contribution is 2.20. The lowest BCUT2D eigenvalue weighted by Crippen LogP contribution is -1.86. The molecule has 0 aliphatic carbocycles. The summed E-state index contributed by atoms with van der Waals surface area (Å²) >= 11 is 4.33. The Morgan fingerprint density at radius 3 is 2.40 bits per heavy atom. The predicted molar refractivity (Wildman–Crippen MR) is 69.8 cm³/mol. The minimum Gasteiger partial charge on any atom is -0.253 e. The van der Waals surface area contributed by atoms with Crippen molar-refractivity contribution in [2.75, 3.05) is 0 Å². The van der Waals surface area contributed by atoms with Crippen molar-refractivity contribution >= 4 is 23.5 Å². The second-order valence-corrected chi connectivity index (χ2v) is 3.80. The molecule has 0 amide bonds. The third kappa shape index (κ3) is 2.72. The van der Waals surface area contributed by atoms with E-state index in [-0.39, 0.29) is 0 Å². The molecule has 0 atom stereocenters. The van der Waals surface area contributed by atoms with Gasteiger partial charge in [0.1, 0.15) is 0 Å². The van der Waals surface area contributed by atoms with Gasteiger partial charge in [-0.05, 0) is 37.6 Å². The number of hydrogen-bond donors (Lipinski definition) is 1. The monoisotopic (exact) mass is 219 g/mol. The van der Waals surface area contributed by atoms with Crippen LogP contribution in [0.4, 0.5) is 0 Å². The highest BCUT2D eigenvalue weighted by atomic mass is 32.1. The molecule has 15 heavy (non-hydrogen) atoms. The number of rotatable bonds is 0. The van der Waals surface area contributed by atoms with Crippen molar-refractivity contribution in [3.63, 3.8) is 0 Å². The van der Waals surface area contributed by atoms with Crippen LogP contribution in [-0.4, -0.2) is 4.98 Å². The van der Waals surface area contributed by atoms with Gasteiger partial charge in [-0.3, -0.25) is 4.98 Å². The van der Waals surface area contributed by atoms with E-state index in [0.29, 0.717) is 0 Å². The van der Waals surface area contributed by atoms with Crippen LogP contribution >= 0.6 is 12.6 Å². The summed E-state index contributed by atoms with van der Waals surface area (Å²) < 4.78 is 0. The van der Waals surface area contributed by atoms with Gasteiger partial charge in [0.25, 0.3) is 0 Å². The molecule has 0 aliphatic heterocycles. The first kappa shape index (κ1) is 12.1. The van der Waals surface area contributed by atoms with Crippen LogP contribution in [0.5, 0.6) is 0 Å². The molecule has 80 valence electrons. The molecular formula is C13H17NS. The Kier molecular flexibility index (Phi) is 4.15. The maximum atomic E-state index is 4.48. The maximum Gasteiger partial charge on any atom is 0.0735 e. The molecule has 0 spiro atoms. The van der Waals surface area contributed by atoms with Crippen LogP contribution in [0, 0.1) is 13.8 Å². The van der Waals surface area contributed by atoms with E-state index in [2.05, 4.69) is 30.6 Å². The third-order valence-corrected chi connectivity index (χ3v) is 2.37. The van der Waals surface area contributed by atoms with Gasteiger partial charge in [0.15, 0.2) is 0 Å². The van der Waals surface area contributed by atoms with E-state index in [1.807, 2.05) is 39.0 Å². The Balaban J connectivity index is 0.000000531. The van der Waals surface area contributed by atoms with Gasteiger partial charge in [-0.25, -0.2) is 0 Å². The number of nitrogens with zero attached hydrogens (tertiary/aromatic N) is 1. The van der Waals surface area contributed by atoms with E-state index >= 15 is 0 Å². The molecule has 1 aromatic carbocycles. The van der Waals surface area contributed by atoms with Crippen LogP contribution in [-0.2, 0) is 0 Å². The number of hydrogen-bond acceptors (Lipinski definition) is 2. The topological polar surface area (TPSA) is 12.9 Å². The van der Waals surface area contributed by atoms with Crippen LogP contribution < -0.4 is 0 Å². The fraction of sp³-hybridized carbons (Fsp3) is 0.308. The van der Waals surface area contributed by atoms with Crippen LogP contribution in [0.3, 0.4) is 0 Å². The summed E-state index contributed by atoms with van der Waals surface area (Å²) in [6.07, 6.45) is 0. The fourth-order valence-corrected chi connectivity index (χ4v) is 1.82. The SMILES string of the molecule is CC.Cc1ccc2cc(S)cc(C)c2n1. The molecule has 0 saturated carbocycles. The Labute approximate surface area is 97.0 Å². The maximum absolute atomic E-state index is 4.48. The molecule has 2 rings (SSSR count). The largest absolute Gasteiger partial charge is 0.253 e. The molecule has 0 bridgehead atoms. The van der Waals surface area contributed by atoms with Crippen molar-refractivity contribution in [1.29, 1.82) is 0 Å². The molecule has 1 aromatic heterocycles. The first-order valence-electron chi connectivity index (χ1n) is 5.24. The molecule has 0 saturated heterocycles. The number of thiol groups is 1. The molecule has 1 nitrogen and oxygen atoms in total. The average molecular weight is 219 g/mol. The molecule has 0 N–H and O–H groups in total. The third-order valence-electron chi connectivity index (χ3n) is 2.11. The van der Waals surface area contributed by atoms with Crippen molar-refractivity contribution < 1.29 is 0 Å². The van der Waals surface area contributed by atoms with Gasteiger partial charge in [-0.15, -0.1) is 12.6 Å². The van der Waals surface area contributed by atoms with Crippen molar-refractivity contribution in [3.8, 4) is 0 Å². The first-order valence-corrected chi connectivity index (χ1v) is 5.68. The van der Waals surface area contributed by atoms with E-state index in [9.17, 15) is 0 Å². The summed E-state index contributed by atoms with van der Waals surface area (Å²) in [6.45, 7) is 8.07. The zero-order chi connectivity index (χ0) is 11.4. The molecule has 0 radical (unpaired) electrons. The standard InChI is InChI=1S/C11H11NS.C2H6/c1-7-5-10(13)6-9-4-3-8(2)12-11(7)9;1-2/h3-6,13H,1-2H3;1-2H3. The van der Waals surface area contributed by atoms with Gasteiger partial charge >= 0.3 is 0 Å². The van der Waals surface area contributed by atoms with Gasteiger partial charge in [-0.2, -0.15) is 0 Å². The number of pyridine rings is 1. The van der Waals surface area contributed by atoms with E-state index in [0.717, 1.165) is 21.5 Å². The van der Waals surface area contributed by atoms with Crippen LogP contribution in [0.2, 0.25) is 0 Å². The lowest BCUT2D eigenvalue weighted by molar-refractivity contribution is 1.23. The van der Waals surface area contributed by atoms with Gasteiger partial charge in [0, 0.05) is 16.0 Å². The summed E-state index contributed by atoms with van der Waals surface area (Å²) in [5.74, 6) is 0. The van der Waals surface area contributed by atoms with Gasteiger partial charge in [0.05, 0.1) is 5.52 Å². The van der Waals surface area contributed by atoms with Crippen LogP contribution in [0.25, 0.3) is 10.9 Å². The molecule has 2 aromatic rings. The van der Waals surface area contributed by atoms with Gasteiger partial charge in [-0.1, -0.05) is 19.9 Å². The summed E-state index contributed by atoms with van der Waals surface area (Å²) in [5, 5.41) is 1.16. The highest BCUT2D eigenvalue weighted by molar-refractivity contribution is 7.80. The smallest absolute Gasteiger partial charge is 0.0735 e. The average Bonchev–Trinajstić information content (AvgIpc) is 2.22. The lowest BCUT2D eigenvalue weighted by Gasteiger charge is -2.03. The van der Waals surface area contributed by atoms with Gasteiger partial charge in [0.2, 0.25) is 0 Å². The summed E-state index contributed by atoms with van der Waals surface area (Å²) in [4.78, 5) is 5.48. The second-order valence-electron chi connectivity index (χ2n) is 3.29. The Hall–Kier alpha value is -1.02. The molecule has 0 fully saturated rings. The Morgan fingerprint density at radius 1 is 1.07 bits per heavy atom. The van der Waals surface area contributed by atoms with E-state index in [1.165, 1.54) is 5.56 Å². The van der Waals surface area contributed by atoms with Crippen molar-refractivity contribution in [3.05, 3.63) is 35.5 Å². The van der Waals surface area contributed by atoms with Crippen molar-refractivity contribution in [2.24, 2.45) is 0 Å². The van der Waals surface area contributed by atoms with E-state index < -0.39 is 0 Å². The fourth-order valence-electron chi connectivity index (χ4n) is 1.49. The molecular weight excluding hydrogens is 202 g/mol. The highest BCUT2D eigenvalue weighted by Gasteiger charge is 1.99. The lowest BCUT2D eigenvalue weighted by atomic mass is 10.1. The van der Waals surface area contributed by atoms with Crippen LogP contribution in [0.1, 0.15) is 25.1 Å².